The number of benzene rings is 3. The molecule has 0 bridgehead atoms. The van der Waals surface area contributed by atoms with Crippen LogP contribution in [0.3, 0.4) is 0 Å². The fourth-order valence-electron chi connectivity index (χ4n) is 4.56. The summed E-state index contributed by atoms with van der Waals surface area (Å²) >= 11 is 15.4. The molecule has 48 heavy (non-hydrogen) atoms. The van der Waals surface area contributed by atoms with Gasteiger partial charge in [-0.25, -0.2) is 9.59 Å². The summed E-state index contributed by atoms with van der Waals surface area (Å²) < 4.78 is 22.4. The normalized spacial score (nSPS) is 15.0. The van der Waals surface area contributed by atoms with Crippen LogP contribution in [0.2, 0.25) is 10.0 Å². The number of carbonyl (C=O) groups is 2. The highest BCUT2D eigenvalue weighted by atomic mass is 79.9. The predicted octanol–water partition coefficient (Wildman–Crippen LogP) is 5.76. The first-order chi connectivity index (χ1) is 22.9. The van der Waals surface area contributed by atoms with Crippen molar-refractivity contribution in [2.45, 2.75) is 32.7 Å². The molecule has 14 nitrogen and oxygen atoms in total. The molecular weight excluding hydrogens is 737 g/mol. The quantitative estimate of drug-likeness (QED) is 0.0517. The molecule has 1 heterocycles. The molecule has 0 radical (unpaired) electrons. The van der Waals surface area contributed by atoms with Crippen molar-refractivity contribution in [3.63, 3.8) is 0 Å². The van der Waals surface area contributed by atoms with Crippen LogP contribution < -0.4 is 30.3 Å². The lowest BCUT2D eigenvalue weighted by atomic mass is 9.95. The van der Waals surface area contributed by atoms with Crippen LogP contribution in [-0.2, 0) is 16.1 Å². The Morgan fingerprint density at radius 3 is 2.62 bits per heavy atom. The molecule has 3 aromatic carbocycles. The van der Waals surface area contributed by atoms with Crippen LogP contribution in [0.4, 0.5) is 10.5 Å². The molecule has 0 saturated carbocycles. The van der Waals surface area contributed by atoms with E-state index in [1.165, 1.54) is 19.4 Å². The first-order valence-corrected chi connectivity index (χ1v) is 15.7. The lowest BCUT2D eigenvalue weighted by Gasteiger charge is -2.28. The Hall–Kier alpha value is -4.57. The number of halogens is 3. The molecule has 17 heteroatoms. The number of nitro groups is 1. The molecular formula is C31H30BrCl2N5O9. The Bertz CT molecular complexity index is 1770. The number of nitro benzene ring substituents is 1. The van der Waals surface area contributed by atoms with Gasteiger partial charge in [-0.05, 0) is 65.7 Å². The molecule has 1 aliphatic rings. The van der Waals surface area contributed by atoms with Crippen LogP contribution in [0.5, 0.6) is 17.2 Å². The summed E-state index contributed by atoms with van der Waals surface area (Å²) in [7, 11) is 1.25. The molecule has 0 spiro atoms. The number of hydrogen-bond acceptors (Lipinski definition) is 11. The number of carbonyl (C=O) groups excluding carboxylic acids is 2. The summed E-state index contributed by atoms with van der Waals surface area (Å²) in [5.41, 5.74) is 4.22. The molecule has 2 atom stereocenters. The third kappa shape index (κ3) is 9.07. The van der Waals surface area contributed by atoms with E-state index in [2.05, 4.69) is 37.1 Å². The summed E-state index contributed by atoms with van der Waals surface area (Å²) in [6.45, 7) is 3.35. The number of hydrogen-bond donors (Lipinski definition) is 4. The van der Waals surface area contributed by atoms with Gasteiger partial charge in [0.2, 0.25) is 5.75 Å². The van der Waals surface area contributed by atoms with Gasteiger partial charge in [0.15, 0.2) is 17.7 Å². The van der Waals surface area contributed by atoms with Crippen LogP contribution in [-0.4, -0.2) is 54.8 Å². The molecule has 2 amide bonds. The van der Waals surface area contributed by atoms with E-state index in [-0.39, 0.29) is 42.6 Å². The van der Waals surface area contributed by atoms with E-state index < -0.39 is 29.2 Å². The summed E-state index contributed by atoms with van der Waals surface area (Å²) in [6.07, 6.45) is -0.0102. The van der Waals surface area contributed by atoms with E-state index in [0.717, 1.165) is 0 Å². The molecule has 0 saturated heterocycles. The Balaban J connectivity index is 1.41. The summed E-state index contributed by atoms with van der Waals surface area (Å²) in [5.74, 6) is -0.0288. The zero-order chi connectivity index (χ0) is 35.0. The number of esters is 1. The van der Waals surface area contributed by atoms with Gasteiger partial charge in [-0.1, -0.05) is 35.3 Å². The van der Waals surface area contributed by atoms with E-state index in [0.29, 0.717) is 42.7 Å². The first kappa shape index (κ1) is 36.3. The number of aliphatic hydroxyl groups is 1. The number of methoxy groups -OCH3 is 1. The lowest BCUT2D eigenvalue weighted by molar-refractivity contribution is -0.386. The number of amides is 2. The highest BCUT2D eigenvalue weighted by Gasteiger charge is 2.32. The van der Waals surface area contributed by atoms with Crippen LogP contribution in [0, 0.1) is 10.1 Å². The number of aliphatic hydroxyl groups excluding tert-OH is 1. The van der Waals surface area contributed by atoms with E-state index in [4.69, 9.17) is 42.1 Å². The van der Waals surface area contributed by atoms with Gasteiger partial charge in [0.1, 0.15) is 13.2 Å². The van der Waals surface area contributed by atoms with Gasteiger partial charge < -0.3 is 34.7 Å². The average Bonchev–Trinajstić information content (AvgIpc) is 3.03. The van der Waals surface area contributed by atoms with Crippen molar-refractivity contribution in [2.75, 3.05) is 20.3 Å². The van der Waals surface area contributed by atoms with Gasteiger partial charge in [-0.15, -0.1) is 0 Å². The molecule has 0 aromatic heterocycles. The second-order valence-corrected chi connectivity index (χ2v) is 11.7. The number of allylic oxidation sites excluding steroid dienone is 1. The van der Waals surface area contributed by atoms with Crippen LogP contribution in [0.1, 0.15) is 36.6 Å². The van der Waals surface area contributed by atoms with Gasteiger partial charge in [-0.3, -0.25) is 15.5 Å². The van der Waals surface area contributed by atoms with E-state index in [1.807, 2.05) is 0 Å². The maximum Gasteiger partial charge on any atom is 0.337 e. The van der Waals surface area contributed by atoms with E-state index in [9.17, 15) is 24.8 Å². The number of ether oxygens (including phenoxy) is 4. The fraction of sp³-hybridized carbons (Fsp3) is 0.258. The maximum absolute atomic E-state index is 12.5. The van der Waals surface area contributed by atoms with Gasteiger partial charge >= 0.3 is 17.7 Å². The first-order valence-electron chi connectivity index (χ1n) is 14.2. The standard InChI is InChI=1S/C31H30BrCl2N5O9/c1-4-46-25-11-18(28-27(30(41)45-3)16(2)36-31(42)37-28)6-8-24(25)47-15-26(40)38-35-13-17-9-21(32)29(23(10-17)39(43)44)48-14-19-5-7-20(33)12-22(19)34/h5-13,26,28,38,40H,4,14-15H2,1-3H3,(H2,36,37,42)/b35-13+/t26-,28-/m1/s1. The van der Waals surface area contributed by atoms with Crippen molar-refractivity contribution in [3.8, 4) is 17.2 Å². The molecule has 0 unspecified atom stereocenters. The Morgan fingerprint density at radius 1 is 1.17 bits per heavy atom. The molecule has 0 fully saturated rings. The highest BCUT2D eigenvalue weighted by Crippen LogP contribution is 2.38. The smallest absolute Gasteiger partial charge is 0.337 e. The van der Waals surface area contributed by atoms with Crippen molar-refractivity contribution < 1.29 is 38.6 Å². The molecule has 0 aliphatic carbocycles. The second kappa shape index (κ2) is 16.5. The minimum atomic E-state index is -1.29. The average molecular weight is 767 g/mol. The second-order valence-electron chi connectivity index (χ2n) is 10.0. The summed E-state index contributed by atoms with van der Waals surface area (Å²) in [4.78, 5) is 35.8. The Morgan fingerprint density at radius 2 is 1.94 bits per heavy atom. The molecule has 4 N–H and O–H groups in total. The topological polar surface area (TPSA) is 183 Å². The summed E-state index contributed by atoms with van der Waals surface area (Å²) in [5, 5.41) is 32.3. The minimum absolute atomic E-state index is 0.00380. The predicted molar refractivity (Wildman–Crippen MR) is 181 cm³/mol. The number of nitrogens with one attached hydrogen (secondary N) is 3. The van der Waals surface area contributed by atoms with Gasteiger partial charge in [0.05, 0.1) is 40.9 Å². The maximum atomic E-state index is 12.5. The Labute approximate surface area is 293 Å². The lowest BCUT2D eigenvalue weighted by Crippen LogP contribution is -2.45. The zero-order valence-electron chi connectivity index (χ0n) is 25.7. The van der Waals surface area contributed by atoms with Crippen molar-refractivity contribution >= 4 is 63.0 Å². The van der Waals surface area contributed by atoms with E-state index >= 15 is 0 Å². The number of hydrazone groups is 1. The van der Waals surface area contributed by atoms with E-state index in [1.54, 1.807) is 56.3 Å². The number of urea groups is 1. The van der Waals surface area contributed by atoms with Gasteiger partial charge in [-0.2, -0.15) is 5.10 Å². The van der Waals surface area contributed by atoms with Crippen molar-refractivity contribution in [2.24, 2.45) is 5.10 Å². The zero-order valence-corrected chi connectivity index (χ0v) is 28.8. The van der Waals surface area contributed by atoms with Gasteiger partial charge in [0.25, 0.3) is 0 Å². The van der Waals surface area contributed by atoms with Crippen molar-refractivity contribution in [3.05, 3.63) is 101 Å². The monoisotopic (exact) mass is 765 g/mol. The van der Waals surface area contributed by atoms with Gasteiger partial charge in [0, 0.05) is 32.9 Å². The third-order valence-electron chi connectivity index (χ3n) is 6.74. The largest absolute Gasteiger partial charge is 0.490 e. The minimum Gasteiger partial charge on any atom is -0.490 e. The number of nitrogens with zero attached hydrogens (tertiary/aromatic N) is 2. The highest BCUT2D eigenvalue weighted by molar-refractivity contribution is 9.10. The molecule has 254 valence electrons. The molecule has 3 aromatic rings. The van der Waals surface area contributed by atoms with Crippen LogP contribution in [0.25, 0.3) is 0 Å². The van der Waals surface area contributed by atoms with Crippen LogP contribution >= 0.6 is 39.1 Å². The third-order valence-corrected chi connectivity index (χ3v) is 7.92. The molecule has 1 aliphatic heterocycles. The molecule has 4 rings (SSSR count). The van der Waals surface area contributed by atoms with Crippen LogP contribution in [0.15, 0.2) is 69.4 Å². The van der Waals surface area contributed by atoms with Crippen molar-refractivity contribution in [1.82, 2.24) is 16.1 Å². The SMILES string of the molecule is CCOc1cc([C@H]2NC(=O)NC(C)=C2C(=O)OC)ccc1OC[C@@H](O)N/N=C/c1cc(Br)c(OCc2ccc(Cl)cc2Cl)c([N+](=O)[O-])c1. The fourth-order valence-corrected chi connectivity index (χ4v) is 5.61. The van der Waals surface area contributed by atoms with Crippen molar-refractivity contribution in [1.29, 1.82) is 0 Å². The Kier molecular flexibility index (Phi) is 12.5. The summed E-state index contributed by atoms with van der Waals surface area (Å²) in [6, 6.07) is 11.2. The number of rotatable bonds is 14.